The molecule has 0 radical (unpaired) electrons. The highest BCUT2D eigenvalue weighted by atomic mass is 16.5. The molecule has 0 saturated carbocycles. The van der Waals surface area contributed by atoms with Crippen molar-refractivity contribution in [1.82, 2.24) is 10.6 Å². The van der Waals surface area contributed by atoms with E-state index in [2.05, 4.69) is 10.6 Å². The molecule has 2 amide bonds. The number of rotatable bonds is 2. The summed E-state index contributed by atoms with van der Waals surface area (Å²) in [6, 6.07) is 3.81. The van der Waals surface area contributed by atoms with E-state index in [1.807, 2.05) is 32.9 Å². The molecule has 102 valence electrons. The van der Waals surface area contributed by atoms with Gasteiger partial charge in [-0.25, -0.2) is 0 Å². The van der Waals surface area contributed by atoms with Crippen molar-refractivity contribution in [2.75, 3.05) is 13.7 Å². The fourth-order valence-corrected chi connectivity index (χ4v) is 2.47. The topological polar surface area (TPSA) is 67.4 Å². The van der Waals surface area contributed by atoms with E-state index >= 15 is 0 Å². The van der Waals surface area contributed by atoms with E-state index in [0.717, 1.165) is 22.4 Å². The van der Waals surface area contributed by atoms with Gasteiger partial charge in [0, 0.05) is 6.54 Å². The standard InChI is InChI=1S/C14H18N2O3/c1-8-9(2)11(19-4)6-5-10(8)14(3)7-15-12(17)13(18)16-14/h5-6H,7H2,1-4H3,(H,15,17)(H,16,18). The van der Waals surface area contributed by atoms with Crippen LogP contribution in [-0.2, 0) is 15.1 Å². The molecule has 1 saturated heterocycles. The summed E-state index contributed by atoms with van der Waals surface area (Å²) >= 11 is 0. The molecule has 1 atom stereocenters. The van der Waals surface area contributed by atoms with Gasteiger partial charge in [0.05, 0.1) is 12.6 Å². The summed E-state index contributed by atoms with van der Waals surface area (Å²) in [4.78, 5) is 22.8. The summed E-state index contributed by atoms with van der Waals surface area (Å²) in [6.07, 6.45) is 0. The summed E-state index contributed by atoms with van der Waals surface area (Å²) in [6.45, 7) is 6.24. The Kier molecular flexibility index (Phi) is 3.22. The van der Waals surface area contributed by atoms with Gasteiger partial charge in [0.1, 0.15) is 5.75 Å². The molecule has 1 aromatic carbocycles. The first kappa shape index (κ1) is 13.4. The Morgan fingerprint density at radius 2 is 1.84 bits per heavy atom. The second-order valence-corrected chi connectivity index (χ2v) is 5.03. The fraction of sp³-hybridized carbons (Fsp3) is 0.429. The van der Waals surface area contributed by atoms with E-state index in [-0.39, 0.29) is 0 Å². The van der Waals surface area contributed by atoms with E-state index in [1.54, 1.807) is 7.11 Å². The van der Waals surface area contributed by atoms with Crippen molar-refractivity contribution in [3.05, 3.63) is 28.8 Å². The SMILES string of the molecule is COc1ccc(C2(C)CNC(=O)C(=O)N2)c(C)c1C. The molecule has 2 rings (SSSR count). The largest absolute Gasteiger partial charge is 0.496 e. The molecule has 0 bridgehead atoms. The maximum Gasteiger partial charge on any atom is 0.310 e. The predicted molar refractivity (Wildman–Crippen MR) is 71.0 cm³/mol. The minimum absolute atomic E-state index is 0.379. The maximum absolute atomic E-state index is 11.6. The van der Waals surface area contributed by atoms with Crippen LogP contribution in [0.3, 0.4) is 0 Å². The monoisotopic (exact) mass is 262 g/mol. The van der Waals surface area contributed by atoms with Gasteiger partial charge < -0.3 is 15.4 Å². The molecule has 1 aliphatic rings. The van der Waals surface area contributed by atoms with Crippen molar-refractivity contribution in [2.24, 2.45) is 0 Å². The number of hydrogen-bond donors (Lipinski definition) is 2. The number of methoxy groups -OCH3 is 1. The molecule has 1 aliphatic heterocycles. The molecular formula is C14H18N2O3. The smallest absolute Gasteiger partial charge is 0.310 e. The first-order valence-corrected chi connectivity index (χ1v) is 6.14. The van der Waals surface area contributed by atoms with Crippen molar-refractivity contribution in [3.63, 3.8) is 0 Å². The molecule has 5 heteroatoms. The minimum Gasteiger partial charge on any atom is -0.496 e. The lowest BCUT2D eigenvalue weighted by Crippen LogP contribution is -2.61. The summed E-state index contributed by atoms with van der Waals surface area (Å²) in [5.41, 5.74) is 2.48. The lowest BCUT2D eigenvalue weighted by atomic mass is 9.85. The highest BCUT2D eigenvalue weighted by Crippen LogP contribution is 2.31. The van der Waals surface area contributed by atoms with Crippen LogP contribution in [0.5, 0.6) is 5.75 Å². The number of hydrogen-bond acceptors (Lipinski definition) is 3. The van der Waals surface area contributed by atoms with E-state index in [4.69, 9.17) is 4.74 Å². The molecule has 0 aliphatic carbocycles. The van der Waals surface area contributed by atoms with E-state index in [9.17, 15) is 9.59 Å². The summed E-state index contributed by atoms with van der Waals surface area (Å²) in [5.74, 6) is -0.363. The molecule has 1 unspecified atom stereocenters. The molecule has 2 N–H and O–H groups in total. The Balaban J connectivity index is 2.44. The lowest BCUT2D eigenvalue weighted by molar-refractivity contribution is -0.142. The van der Waals surface area contributed by atoms with Gasteiger partial charge in [0.25, 0.3) is 0 Å². The average Bonchev–Trinajstić information content (AvgIpc) is 2.37. The summed E-state index contributed by atoms with van der Waals surface area (Å²) in [7, 11) is 1.63. The van der Waals surface area contributed by atoms with E-state index in [0.29, 0.717) is 6.54 Å². The highest BCUT2D eigenvalue weighted by Gasteiger charge is 2.37. The number of nitrogens with one attached hydrogen (secondary N) is 2. The number of benzene rings is 1. The molecule has 19 heavy (non-hydrogen) atoms. The third-order valence-electron chi connectivity index (χ3n) is 3.75. The second-order valence-electron chi connectivity index (χ2n) is 5.03. The van der Waals surface area contributed by atoms with Gasteiger partial charge in [-0.3, -0.25) is 9.59 Å². The van der Waals surface area contributed by atoms with Gasteiger partial charge >= 0.3 is 11.8 Å². The van der Waals surface area contributed by atoms with Crippen LogP contribution in [0, 0.1) is 13.8 Å². The molecule has 1 fully saturated rings. The van der Waals surface area contributed by atoms with Crippen LogP contribution >= 0.6 is 0 Å². The molecular weight excluding hydrogens is 244 g/mol. The maximum atomic E-state index is 11.6. The minimum atomic E-state index is -0.596. The number of piperazine rings is 1. The van der Waals surface area contributed by atoms with Crippen LogP contribution in [0.2, 0.25) is 0 Å². The molecule has 1 aromatic rings. The Bertz CT molecular complexity index is 554. The molecule has 1 heterocycles. The Morgan fingerprint density at radius 3 is 2.42 bits per heavy atom. The van der Waals surface area contributed by atoms with Crippen molar-refractivity contribution in [2.45, 2.75) is 26.3 Å². The zero-order valence-electron chi connectivity index (χ0n) is 11.6. The summed E-state index contributed by atoms with van der Waals surface area (Å²) in [5, 5.41) is 5.39. The first-order chi connectivity index (χ1) is 8.89. The number of carbonyl (C=O) groups excluding carboxylic acids is 2. The van der Waals surface area contributed by atoms with Crippen LogP contribution in [-0.4, -0.2) is 25.5 Å². The zero-order valence-corrected chi connectivity index (χ0v) is 11.6. The van der Waals surface area contributed by atoms with Gasteiger partial charge in [0.2, 0.25) is 0 Å². The van der Waals surface area contributed by atoms with Crippen molar-refractivity contribution in [1.29, 1.82) is 0 Å². The average molecular weight is 262 g/mol. The normalized spacial score (nSPS) is 22.7. The number of amides is 2. The van der Waals surface area contributed by atoms with Gasteiger partial charge in [-0.2, -0.15) is 0 Å². The quantitative estimate of drug-likeness (QED) is 0.774. The van der Waals surface area contributed by atoms with E-state index in [1.165, 1.54) is 0 Å². The van der Waals surface area contributed by atoms with Crippen molar-refractivity contribution >= 4 is 11.8 Å². The van der Waals surface area contributed by atoms with Crippen LogP contribution < -0.4 is 15.4 Å². The van der Waals surface area contributed by atoms with Crippen LogP contribution in [0.15, 0.2) is 12.1 Å². The molecule has 5 nitrogen and oxygen atoms in total. The van der Waals surface area contributed by atoms with Gasteiger partial charge in [-0.05, 0) is 43.5 Å². The zero-order chi connectivity index (χ0) is 14.2. The van der Waals surface area contributed by atoms with Gasteiger partial charge in [0.15, 0.2) is 0 Å². The Morgan fingerprint density at radius 1 is 1.16 bits per heavy atom. The van der Waals surface area contributed by atoms with Gasteiger partial charge in [-0.1, -0.05) is 6.07 Å². The Labute approximate surface area is 112 Å². The van der Waals surface area contributed by atoms with Gasteiger partial charge in [-0.15, -0.1) is 0 Å². The third-order valence-corrected chi connectivity index (χ3v) is 3.75. The lowest BCUT2D eigenvalue weighted by Gasteiger charge is -2.36. The second kappa shape index (κ2) is 4.57. The highest BCUT2D eigenvalue weighted by molar-refractivity contribution is 6.35. The first-order valence-electron chi connectivity index (χ1n) is 6.14. The Hall–Kier alpha value is -2.04. The third kappa shape index (κ3) is 2.16. The summed E-state index contributed by atoms with van der Waals surface area (Å²) < 4.78 is 5.28. The van der Waals surface area contributed by atoms with Crippen LogP contribution in [0.25, 0.3) is 0 Å². The predicted octanol–water partition coefficient (Wildman–Crippen LogP) is 0.773. The molecule has 0 spiro atoms. The van der Waals surface area contributed by atoms with Crippen LogP contribution in [0.1, 0.15) is 23.6 Å². The van der Waals surface area contributed by atoms with Crippen molar-refractivity contribution in [3.8, 4) is 5.75 Å². The fourth-order valence-electron chi connectivity index (χ4n) is 2.47. The van der Waals surface area contributed by atoms with E-state index < -0.39 is 17.4 Å². The number of carbonyl (C=O) groups is 2. The van der Waals surface area contributed by atoms with Crippen LogP contribution in [0.4, 0.5) is 0 Å². The number of ether oxygens (including phenoxy) is 1. The molecule has 0 aromatic heterocycles. The van der Waals surface area contributed by atoms with Crippen molar-refractivity contribution < 1.29 is 14.3 Å².